The van der Waals surface area contributed by atoms with Gasteiger partial charge in [-0.2, -0.15) is 0 Å². The van der Waals surface area contributed by atoms with Crippen LogP contribution < -0.4 is 14.7 Å². The van der Waals surface area contributed by atoms with Crippen molar-refractivity contribution in [1.29, 1.82) is 0 Å². The highest BCUT2D eigenvalue weighted by atomic mass is 19.1. The standard InChI is InChI=1S/C26H30FN7O2/c1-35-19-23-18-33(25-14-22(27)6-7-28-25)8-9-34(23)26-30-16-21(17-31-26)3-2-20-4-5-24(29-15-20)32-10-12-36-13-11-32/h2-7,14-17,23H,8-13,18-19H2,1H3/b3-2+/t23-/m1/s1. The van der Waals surface area contributed by atoms with E-state index in [4.69, 9.17) is 9.47 Å². The zero-order chi connectivity index (χ0) is 24.7. The van der Waals surface area contributed by atoms with Crippen LogP contribution >= 0.6 is 0 Å². The molecule has 3 aromatic heterocycles. The highest BCUT2D eigenvalue weighted by Gasteiger charge is 2.29. The number of rotatable bonds is 7. The second kappa shape index (κ2) is 11.4. The molecule has 10 heteroatoms. The van der Waals surface area contributed by atoms with Gasteiger partial charge in [0.05, 0.1) is 25.9 Å². The molecule has 9 nitrogen and oxygen atoms in total. The second-order valence-electron chi connectivity index (χ2n) is 8.78. The predicted molar refractivity (Wildman–Crippen MR) is 138 cm³/mol. The van der Waals surface area contributed by atoms with Crippen molar-refractivity contribution in [2.24, 2.45) is 0 Å². The Balaban J connectivity index is 1.22. The van der Waals surface area contributed by atoms with E-state index in [2.05, 4.69) is 40.7 Å². The fourth-order valence-electron chi connectivity index (χ4n) is 4.46. The lowest BCUT2D eigenvalue weighted by Gasteiger charge is -2.41. The zero-order valence-electron chi connectivity index (χ0n) is 20.3. The first-order valence-corrected chi connectivity index (χ1v) is 12.1. The van der Waals surface area contributed by atoms with Gasteiger partial charge in [-0.15, -0.1) is 0 Å². The van der Waals surface area contributed by atoms with Gasteiger partial charge >= 0.3 is 0 Å². The molecule has 2 aliphatic rings. The number of methoxy groups -OCH3 is 1. The first-order valence-electron chi connectivity index (χ1n) is 12.1. The van der Waals surface area contributed by atoms with Gasteiger partial charge in [-0.25, -0.2) is 24.3 Å². The van der Waals surface area contributed by atoms with E-state index in [1.165, 1.54) is 18.3 Å². The molecule has 0 unspecified atom stereocenters. The summed E-state index contributed by atoms with van der Waals surface area (Å²) in [5.74, 6) is 1.96. The van der Waals surface area contributed by atoms with Crippen molar-refractivity contribution in [2.45, 2.75) is 6.04 Å². The summed E-state index contributed by atoms with van der Waals surface area (Å²) in [6.07, 6.45) is 11.0. The Morgan fingerprint density at radius 1 is 0.917 bits per heavy atom. The third-order valence-electron chi connectivity index (χ3n) is 6.36. The Morgan fingerprint density at radius 3 is 2.42 bits per heavy atom. The Morgan fingerprint density at radius 2 is 1.69 bits per heavy atom. The molecule has 0 bridgehead atoms. The van der Waals surface area contributed by atoms with Gasteiger partial charge in [0.2, 0.25) is 5.95 Å². The minimum atomic E-state index is -0.290. The number of aromatic nitrogens is 4. The lowest BCUT2D eigenvalue weighted by atomic mass is 10.1. The minimum absolute atomic E-state index is 0.0197. The lowest BCUT2D eigenvalue weighted by Crippen LogP contribution is -2.56. The molecule has 188 valence electrons. The molecule has 0 radical (unpaired) electrons. The van der Waals surface area contributed by atoms with Gasteiger partial charge in [0, 0.05) is 76.3 Å². The third-order valence-corrected chi connectivity index (χ3v) is 6.36. The van der Waals surface area contributed by atoms with E-state index in [9.17, 15) is 4.39 Å². The van der Waals surface area contributed by atoms with Crippen LogP contribution in [0.25, 0.3) is 12.2 Å². The Hall–Kier alpha value is -3.63. The van der Waals surface area contributed by atoms with Gasteiger partial charge in [-0.3, -0.25) is 0 Å². The van der Waals surface area contributed by atoms with E-state index in [0.29, 0.717) is 38.0 Å². The molecule has 0 N–H and O–H groups in total. The van der Waals surface area contributed by atoms with Gasteiger partial charge in [-0.05, 0) is 23.8 Å². The smallest absolute Gasteiger partial charge is 0.225 e. The minimum Gasteiger partial charge on any atom is -0.382 e. The number of ether oxygens (including phenoxy) is 2. The van der Waals surface area contributed by atoms with E-state index < -0.39 is 0 Å². The number of hydrogen-bond donors (Lipinski definition) is 0. The highest BCUT2D eigenvalue weighted by molar-refractivity contribution is 5.69. The van der Waals surface area contributed by atoms with E-state index in [1.54, 1.807) is 7.11 Å². The van der Waals surface area contributed by atoms with Gasteiger partial charge in [0.25, 0.3) is 0 Å². The average molecular weight is 492 g/mol. The molecule has 5 heterocycles. The maximum absolute atomic E-state index is 13.7. The number of pyridine rings is 2. The van der Waals surface area contributed by atoms with E-state index in [0.717, 1.165) is 43.2 Å². The van der Waals surface area contributed by atoms with Gasteiger partial charge < -0.3 is 24.2 Å². The Kier molecular flexibility index (Phi) is 7.63. The number of anilines is 3. The average Bonchev–Trinajstić information content (AvgIpc) is 2.93. The van der Waals surface area contributed by atoms with Crippen LogP contribution in [0.1, 0.15) is 11.1 Å². The van der Waals surface area contributed by atoms with Crippen LogP contribution in [-0.2, 0) is 9.47 Å². The molecule has 0 amide bonds. The number of nitrogens with zero attached hydrogens (tertiary/aromatic N) is 7. The third kappa shape index (κ3) is 5.77. The molecule has 2 saturated heterocycles. The van der Waals surface area contributed by atoms with Crippen LogP contribution in [0.5, 0.6) is 0 Å². The maximum Gasteiger partial charge on any atom is 0.225 e. The molecule has 0 aromatic carbocycles. The topological polar surface area (TPSA) is 79.7 Å². The van der Waals surface area contributed by atoms with Gasteiger partial charge in [0.15, 0.2) is 0 Å². The summed E-state index contributed by atoms with van der Waals surface area (Å²) in [4.78, 5) is 24.6. The maximum atomic E-state index is 13.7. The fraction of sp³-hybridized carbons (Fsp3) is 0.385. The number of piperazine rings is 1. The van der Waals surface area contributed by atoms with Crippen LogP contribution in [-0.4, -0.2) is 85.6 Å². The summed E-state index contributed by atoms with van der Waals surface area (Å²) in [5, 5.41) is 0. The van der Waals surface area contributed by atoms with Crippen LogP contribution in [0.15, 0.2) is 49.1 Å². The molecule has 0 saturated carbocycles. The summed E-state index contributed by atoms with van der Waals surface area (Å²) in [6, 6.07) is 6.94. The molecule has 2 aliphatic heterocycles. The van der Waals surface area contributed by atoms with Crippen LogP contribution in [0.3, 0.4) is 0 Å². The molecular weight excluding hydrogens is 461 g/mol. The summed E-state index contributed by atoms with van der Waals surface area (Å²) < 4.78 is 24.5. The Bertz CT molecular complexity index is 1150. The Labute approximate surface area is 210 Å². The van der Waals surface area contributed by atoms with Crippen molar-refractivity contribution in [2.75, 3.05) is 74.4 Å². The quantitative estimate of drug-likeness (QED) is 0.496. The van der Waals surface area contributed by atoms with Crippen molar-refractivity contribution in [3.8, 4) is 0 Å². The SMILES string of the molecule is COC[C@H]1CN(c2cc(F)ccn2)CCN1c1ncc(/C=C/c2ccc(N3CCOCC3)nc2)cn1. The molecule has 36 heavy (non-hydrogen) atoms. The number of halogens is 1. The van der Waals surface area contributed by atoms with Gasteiger partial charge in [0.1, 0.15) is 17.5 Å². The van der Waals surface area contributed by atoms with E-state index in [1.807, 2.05) is 36.8 Å². The lowest BCUT2D eigenvalue weighted by molar-refractivity contribution is 0.122. The van der Waals surface area contributed by atoms with Crippen LogP contribution in [0.4, 0.5) is 22.0 Å². The molecule has 0 spiro atoms. The monoisotopic (exact) mass is 491 g/mol. The summed E-state index contributed by atoms with van der Waals surface area (Å²) >= 11 is 0. The zero-order valence-corrected chi connectivity index (χ0v) is 20.3. The largest absolute Gasteiger partial charge is 0.382 e. The molecule has 3 aromatic rings. The predicted octanol–water partition coefficient (Wildman–Crippen LogP) is 2.75. The van der Waals surface area contributed by atoms with Crippen molar-refractivity contribution >= 4 is 29.7 Å². The molecule has 1 atom stereocenters. The van der Waals surface area contributed by atoms with Gasteiger partial charge in [-0.1, -0.05) is 12.2 Å². The normalized spacial score (nSPS) is 18.7. The molecular formula is C26H30FN7O2. The van der Waals surface area contributed by atoms with E-state index in [-0.39, 0.29) is 11.9 Å². The van der Waals surface area contributed by atoms with Crippen LogP contribution in [0.2, 0.25) is 0 Å². The van der Waals surface area contributed by atoms with Crippen molar-refractivity contribution in [1.82, 2.24) is 19.9 Å². The summed E-state index contributed by atoms with van der Waals surface area (Å²) in [6.45, 7) is 5.74. The van der Waals surface area contributed by atoms with Crippen molar-refractivity contribution in [3.63, 3.8) is 0 Å². The first-order chi connectivity index (χ1) is 17.7. The van der Waals surface area contributed by atoms with E-state index >= 15 is 0 Å². The summed E-state index contributed by atoms with van der Waals surface area (Å²) in [7, 11) is 1.68. The number of hydrogen-bond acceptors (Lipinski definition) is 9. The fourth-order valence-corrected chi connectivity index (χ4v) is 4.46. The highest BCUT2D eigenvalue weighted by Crippen LogP contribution is 2.22. The first kappa shape index (κ1) is 24.1. The van der Waals surface area contributed by atoms with Crippen LogP contribution in [0, 0.1) is 5.82 Å². The molecule has 0 aliphatic carbocycles. The second-order valence-corrected chi connectivity index (χ2v) is 8.78. The summed E-state index contributed by atoms with van der Waals surface area (Å²) in [5.41, 5.74) is 1.92. The molecule has 5 rings (SSSR count). The molecule has 2 fully saturated rings. The van der Waals surface area contributed by atoms with Crippen molar-refractivity contribution < 1.29 is 13.9 Å². The van der Waals surface area contributed by atoms with Crippen molar-refractivity contribution in [3.05, 3.63) is 66.0 Å². The number of morpholine rings is 1.